The van der Waals surface area contributed by atoms with E-state index in [9.17, 15) is 14.9 Å². The first-order valence-electron chi connectivity index (χ1n) is 7.23. The third-order valence-corrected chi connectivity index (χ3v) is 5.14. The number of halogens is 1. The fourth-order valence-corrected chi connectivity index (χ4v) is 3.81. The largest absolute Gasteiger partial charge is 0.336 e. The molecule has 124 valence electrons. The highest BCUT2D eigenvalue weighted by atomic mass is 35.5. The Kier molecular flexibility index (Phi) is 5.56. The van der Waals surface area contributed by atoms with E-state index in [2.05, 4.69) is 5.32 Å². The number of carbonyl (C=O) groups excluding carboxylic acids is 1. The van der Waals surface area contributed by atoms with Crippen LogP contribution in [0.3, 0.4) is 0 Å². The molecule has 1 N–H and O–H groups in total. The van der Waals surface area contributed by atoms with Gasteiger partial charge in [-0.15, -0.1) is 23.7 Å². The van der Waals surface area contributed by atoms with Crippen molar-refractivity contribution >= 4 is 45.4 Å². The summed E-state index contributed by atoms with van der Waals surface area (Å²) in [6.07, 6.45) is 2.08. The predicted octanol–water partition coefficient (Wildman–Crippen LogP) is 3.06. The molecular formula is C15H18ClN3O3S. The van der Waals surface area contributed by atoms with Gasteiger partial charge in [-0.2, -0.15) is 0 Å². The van der Waals surface area contributed by atoms with E-state index < -0.39 is 4.92 Å². The number of nitro groups is 1. The first kappa shape index (κ1) is 17.7. The summed E-state index contributed by atoms with van der Waals surface area (Å²) < 4.78 is 0.899. The van der Waals surface area contributed by atoms with Crippen molar-refractivity contribution in [1.82, 2.24) is 10.2 Å². The van der Waals surface area contributed by atoms with E-state index in [1.807, 2.05) is 11.9 Å². The monoisotopic (exact) mass is 355 g/mol. The third-order valence-electron chi connectivity index (χ3n) is 4.04. The number of benzene rings is 1. The predicted molar refractivity (Wildman–Crippen MR) is 93.7 cm³/mol. The number of non-ortho nitro benzene ring substituents is 1. The van der Waals surface area contributed by atoms with Gasteiger partial charge in [0.2, 0.25) is 0 Å². The first-order valence-corrected chi connectivity index (χ1v) is 8.04. The molecule has 23 heavy (non-hydrogen) atoms. The summed E-state index contributed by atoms with van der Waals surface area (Å²) in [5, 5.41) is 14.8. The van der Waals surface area contributed by atoms with Crippen molar-refractivity contribution in [2.75, 3.05) is 20.1 Å². The molecule has 8 heteroatoms. The van der Waals surface area contributed by atoms with Crippen LogP contribution in [0.25, 0.3) is 10.1 Å². The maximum absolute atomic E-state index is 12.6. The summed E-state index contributed by atoms with van der Waals surface area (Å²) in [5.74, 6) is 0.0174. The number of carbonyl (C=O) groups is 1. The minimum atomic E-state index is -0.416. The molecule has 3 rings (SSSR count). The van der Waals surface area contributed by atoms with Crippen molar-refractivity contribution in [3.05, 3.63) is 39.3 Å². The van der Waals surface area contributed by atoms with Gasteiger partial charge >= 0.3 is 0 Å². The number of amides is 1. The third kappa shape index (κ3) is 3.63. The van der Waals surface area contributed by atoms with Gasteiger partial charge in [-0.25, -0.2) is 0 Å². The van der Waals surface area contributed by atoms with Gasteiger partial charge in [-0.05, 0) is 32.0 Å². The zero-order valence-electron chi connectivity index (χ0n) is 12.7. The van der Waals surface area contributed by atoms with Crippen LogP contribution in [-0.4, -0.2) is 41.9 Å². The van der Waals surface area contributed by atoms with E-state index in [1.165, 1.54) is 23.5 Å². The summed E-state index contributed by atoms with van der Waals surface area (Å²) in [6, 6.07) is 6.81. The Hall–Kier alpha value is -1.70. The number of likely N-dealkylation sites (N-methyl/N-ethyl adjacent to an activating group) is 1. The Morgan fingerprint density at radius 2 is 2.22 bits per heavy atom. The number of piperidine rings is 1. The lowest BCUT2D eigenvalue weighted by Crippen LogP contribution is -2.46. The molecule has 0 saturated carbocycles. The van der Waals surface area contributed by atoms with Crippen LogP contribution in [0.4, 0.5) is 5.69 Å². The number of thiophene rings is 1. The van der Waals surface area contributed by atoms with Gasteiger partial charge in [0, 0.05) is 41.4 Å². The van der Waals surface area contributed by atoms with Crippen LogP contribution < -0.4 is 5.32 Å². The second-order valence-electron chi connectivity index (χ2n) is 5.47. The summed E-state index contributed by atoms with van der Waals surface area (Å²) in [5.41, 5.74) is 0.0533. The van der Waals surface area contributed by atoms with Crippen molar-refractivity contribution in [2.45, 2.75) is 18.9 Å². The molecule has 2 aromatic rings. The van der Waals surface area contributed by atoms with Crippen molar-refractivity contribution < 1.29 is 9.72 Å². The van der Waals surface area contributed by atoms with E-state index in [-0.39, 0.29) is 24.0 Å². The van der Waals surface area contributed by atoms with E-state index >= 15 is 0 Å². The van der Waals surface area contributed by atoms with Gasteiger partial charge in [0.05, 0.1) is 9.80 Å². The molecule has 1 fully saturated rings. The van der Waals surface area contributed by atoms with E-state index in [0.717, 1.165) is 29.5 Å². The summed E-state index contributed by atoms with van der Waals surface area (Å²) in [4.78, 5) is 25.5. The molecule has 2 heterocycles. The normalized spacial score (nSPS) is 17.8. The number of rotatable bonds is 3. The zero-order chi connectivity index (χ0) is 15.7. The lowest BCUT2D eigenvalue weighted by molar-refractivity contribution is -0.384. The highest BCUT2D eigenvalue weighted by molar-refractivity contribution is 7.20. The number of hydrogen-bond acceptors (Lipinski definition) is 5. The quantitative estimate of drug-likeness (QED) is 0.678. The summed E-state index contributed by atoms with van der Waals surface area (Å²) >= 11 is 1.39. The van der Waals surface area contributed by atoms with Crippen molar-refractivity contribution in [3.8, 4) is 0 Å². The average Bonchev–Trinajstić information content (AvgIpc) is 2.97. The number of fused-ring (bicyclic) bond motifs is 1. The smallest absolute Gasteiger partial charge is 0.270 e. The minimum Gasteiger partial charge on any atom is -0.336 e. The molecule has 0 spiro atoms. The average molecular weight is 356 g/mol. The van der Waals surface area contributed by atoms with Crippen LogP contribution in [0.1, 0.15) is 22.5 Å². The van der Waals surface area contributed by atoms with Crippen LogP contribution in [-0.2, 0) is 0 Å². The Morgan fingerprint density at radius 1 is 1.43 bits per heavy atom. The zero-order valence-corrected chi connectivity index (χ0v) is 14.3. The fourth-order valence-electron chi connectivity index (χ4n) is 2.80. The minimum absolute atomic E-state index is 0. The molecule has 1 amide bonds. The summed E-state index contributed by atoms with van der Waals surface area (Å²) in [7, 11) is 1.91. The van der Waals surface area contributed by atoms with Crippen LogP contribution in [0.2, 0.25) is 0 Å². The number of nitro benzene ring substituents is 1. The molecule has 1 unspecified atom stereocenters. The highest BCUT2D eigenvalue weighted by Crippen LogP contribution is 2.30. The lowest BCUT2D eigenvalue weighted by Gasteiger charge is -2.32. The van der Waals surface area contributed by atoms with Gasteiger partial charge < -0.3 is 10.2 Å². The molecule has 1 saturated heterocycles. The summed E-state index contributed by atoms with van der Waals surface area (Å²) in [6.45, 7) is 1.48. The number of nitrogens with zero attached hydrogens (tertiary/aromatic N) is 2. The lowest BCUT2D eigenvalue weighted by atomic mass is 10.1. The Morgan fingerprint density at radius 3 is 2.91 bits per heavy atom. The van der Waals surface area contributed by atoms with Crippen LogP contribution in [0.15, 0.2) is 24.3 Å². The Labute approximate surface area is 144 Å². The molecule has 1 aliphatic heterocycles. The standard InChI is InChI=1S/C15H17N3O3S.ClH/c1-16-11-3-2-6-17(9-11)15(19)14-8-10-7-12(18(20)21)4-5-13(10)22-14;/h4-5,7-8,11,16H,2-3,6,9H2,1H3;1H. The van der Waals surface area contributed by atoms with E-state index in [1.54, 1.807) is 12.1 Å². The molecule has 0 aliphatic carbocycles. The fraction of sp³-hybridized carbons (Fsp3) is 0.400. The molecule has 1 aromatic carbocycles. The van der Waals surface area contributed by atoms with E-state index in [0.29, 0.717) is 17.5 Å². The highest BCUT2D eigenvalue weighted by Gasteiger charge is 2.24. The maximum Gasteiger partial charge on any atom is 0.270 e. The Balaban J connectivity index is 0.00000192. The van der Waals surface area contributed by atoms with Gasteiger partial charge in [-0.1, -0.05) is 0 Å². The molecule has 1 aromatic heterocycles. The van der Waals surface area contributed by atoms with E-state index in [4.69, 9.17) is 0 Å². The van der Waals surface area contributed by atoms with Gasteiger partial charge in [0.1, 0.15) is 0 Å². The SMILES string of the molecule is CNC1CCCN(C(=O)c2cc3cc([N+](=O)[O-])ccc3s2)C1.Cl. The van der Waals surface area contributed by atoms with Gasteiger partial charge in [-0.3, -0.25) is 14.9 Å². The number of nitrogens with one attached hydrogen (secondary N) is 1. The topological polar surface area (TPSA) is 75.5 Å². The molecule has 1 atom stereocenters. The van der Waals surface area contributed by atoms with Crippen molar-refractivity contribution in [1.29, 1.82) is 0 Å². The molecular weight excluding hydrogens is 338 g/mol. The maximum atomic E-state index is 12.6. The Bertz CT molecular complexity index is 734. The second kappa shape index (κ2) is 7.25. The van der Waals surface area contributed by atoms with Gasteiger partial charge in [0.25, 0.3) is 11.6 Å². The second-order valence-corrected chi connectivity index (χ2v) is 6.55. The molecule has 1 aliphatic rings. The van der Waals surface area contributed by atoms with Crippen LogP contribution in [0, 0.1) is 10.1 Å². The molecule has 0 radical (unpaired) electrons. The van der Waals surface area contributed by atoms with Crippen LogP contribution in [0.5, 0.6) is 0 Å². The molecule has 6 nitrogen and oxygen atoms in total. The van der Waals surface area contributed by atoms with Crippen molar-refractivity contribution in [2.24, 2.45) is 0 Å². The number of hydrogen-bond donors (Lipinski definition) is 1. The first-order chi connectivity index (χ1) is 10.6. The van der Waals surface area contributed by atoms with Crippen LogP contribution >= 0.6 is 23.7 Å². The van der Waals surface area contributed by atoms with Gasteiger partial charge in [0.15, 0.2) is 0 Å². The number of likely N-dealkylation sites (tertiary alicyclic amines) is 1. The van der Waals surface area contributed by atoms with Crippen molar-refractivity contribution in [3.63, 3.8) is 0 Å². The molecule has 0 bridgehead atoms.